The fourth-order valence-electron chi connectivity index (χ4n) is 0.228. The normalized spacial score (nSPS) is 8.88. The number of hydrogen-bond donors (Lipinski definition) is 1. The zero-order chi connectivity index (χ0) is 6.57. The van der Waals surface area contributed by atoms with Crippen molar-refractivity contribution in [2.24, 2.45) is 0 Å². The minimum Gasteiger partial charge on any atom is -0.297 e. The molecule has 0 aliphatic rings. The van der Waals surface area contributed by atoms with E-state index in [2.05, 4.69) is 5.43 Å². The second kappa shape index (κ2) is 4.12. The molecular formula is C4H10N2S2. The zero-order valence-corrected chi connectivity index (χ0v) is 6.90. The Morgan fingerprint density at radius 3 is 2.38 bits per heavy atom. The first-order valence-corrected chi connectivity index (χ1v) is 3.84. The van der Waals surface area contributed by atoms with Crippen LogP contribution in [0, 0.1) is 0 Å². The lowest BCUT2D eigenvalue weighted by molar-refractivity contribution is 0.424. The molecule has 8 heavy (non-hydrogen) atoms. The molecule has 0 saturated carbocycles. The minimum atomic E-state index is 0.854. The molecule has 0 aromatic rings. The quantitative estimate of drug-likeness (QED) is 0.437. The Kier molecular flexibility index (Phi) is 4.22. The van der Waals surface area contributed by atoms with Crippen LogP contribution in [0.4, 0.5) is 0 Å². The van der Waals surface area contributed by atoms with Gasteiger partial charge in [-0.1, -0.05) is 24.0 Å². The molecule has 0 aromatic carbocycles. The highest BCUT2D eigenvalue weighted by Gasteiger charge is 1.95. The Morgan fingerprint density at radius 1 is 1.75 bits per heavy atom. The number of thioether (sulfide) groups is 1. The number of nitrogens with one attached hydrogen (secondary N) is 1. The van der Waals surface area contributed by atoms with Gasteiger partial charge in [-0.05, 0) is 6.26 Å². The van der Waals surface area contributed by atoms with Crippen LogP contribution >= 0.6 is 24.0 Å². The second-order valence-corrected chi connectivity index (χ2v) is 2.69. The minimum absolute atomic E-state index is 0.854. The van der Waals surface area contributed by atoms with Crippen LogP contribution < -0.4 is 5.43 Å². The van der Waals surface area contributed by atoms with Crippen molar-refractivity contribution in [3.8, 4) is 0 Å². The lowest BCUT2D eigenvalue weighted by Gasteiger charge is -2.15. The first-order chi connectivity index (χ1) is 3.72. The van der Waals surface area contributed by atoms with Gasteiger partial charge in [-0.15, -0.1) is 0 Å². The maximum absolute atomic E-state index is 4.90. The topological polar surface area (TPSA) is 15.3 Å². The Balaban J connectivity index is 3.46. The average Bonchev–Trinajstić information content (AvgIpc) is 1.84. The molecule has 0 aliphatic carbocycles. The molecule has 0 rings (SSSR count). The summed E-state index contributed by atoms with van der Waals surface area (Å²) < 4.78 is 0.854. The highest BCUT2D eigenvalue weighted by atomic mass is 32.2. The summed E-state index contributed by atoms with van der Waals surface area (Å²) in [5, 5.41) is 1.79. The van der Waals surface area contributed by atoms with Gasteiger partial charge in [0.05, 0.1) is 0 Å². The number of hydrazine groups is 1. The van der Waals surface area contributed by atoms with Crippen LogP contribution in [-0.4, -0.2) is 29.7 Å². The molecule has 0 atom stereocenters. The van der Waals surface area contributed by atoms with E-state index in [1.807, 2.05) is 20.4 Å². The zero-order valence-electron chi connectivity index (χ0n) is 5.26. The molecule has 0 aliphatic heterocycles. The predicted molar refractivity (Wildman–Crippen MR) is 42.9 cm³/mol. The highest BCUT2D eigenvalue weighted by molar-refractivity contribution is 8.22. The molecule has 4 heteroatoms. The van der Waals surface area contributed by atoms with Crippen LogP contribution in [0.15, 0.2) is 0 Å². The van der Waals surface area contributed by atoms with Gasteiger partial charge in [-0.2, -0.15) is 0 Å². The number of thiocarbonyl (C=S) groups is 1. The summed E-state index contributed by atoms with van der Waals surface area (Å²) in [6, 6.07) is 0. The lowest BCUT2D eigenvalue weighted by Crippen LogP contribution is -2.33. The van der Waals surface area contributed by atoms with Gasteiger partial charge in [0.2, 0.25) is 0 Å². The second-order valence-electron chi connectivity index (χ2n) is 1.25. The highest BCUT2D eigenvalue weighted by Crippen LogP contribution is 1.98. The molecule has 0 fully saturated rings. The smallest absolute Gasteiger partial charge is 0.150 e. The maximum Gasteiger partial charge on any atom is 0.150 e. The average molecular weight is 150 g/mol. The molecule has 0 bridgehead atoms. The molecule has 0 saturated heterocycles. The van der Waals surface area contributed by atoms with Gasteiger partial charge in [0.1, 0.15) is 4.32 Å². The summed E-state index contributed by atoms with van der Waals surface area (Å²) in [6.07, 6.45) is 1.95. The van der Waals surface area contributed by atoms with Crippen LogP contribution in [-0.2, 0) is 0 Å². The van der Waals surface area contributed by atoms with Crippen LogP contribution in [0.5, 0.6) is 0 Å². The molecule has 0 aromatic heterocycles. The van der Waals surface area contributed by atoms with Crippen molar-refractivity contribution < 1.29 is 0 Å². The van der Waals surface area contributed by atoms with E-state index in [1.54, 1.807) is 16.8 Å². The largest absolute Gasteiger partial charge is 0.297 e. The van der Waals surface area contributed by atoms with Crippen molar-refractivity contribution in [3.63, 3.8) is 0 Å². The fourth-order valence-corrected chi connectivity index (χ4v) is 0.685. The maximum atomic E-state index is 4.90. The van der Waals surface area contributed by atoms with E-state index >= 15 is 0 Å². The molecule has 48 valence electrons. The van der Waals surface area contributed by atoms with Crippen LogP contribution in [0.3, 0.4) is 0 Å². The van der Waals surface area contributed by atoms with Crippen LogP contribution in [0.25, 0.3) is 0 Å². The number of rotatable bonds is 1. The fraction of sp³-hybridized carbons (Fsp3) is 0.750. The third kappa shape index (κ3) is 2.49. The van der Waals surface area contributed by atoms with E-state index in [0.717, 1.165) is 4.32 Å². The molecule has 0 unspecified atom stereocenters. The summed E-state index contributed by atoms with van der Waals surface area (Å²) in [5.74, 6) is 0. The molecular weight excluding hydrogens is 140 g/mol. The molecule has 0 heterocycles. The third-order valence-corrected chi connectivity index (χ3v) is 2.18. The monoisotopic (exact) mass is 150 g/mol. The molecule has 2 nitrogen and oxygen atoms in total. The van der Waals surface area contributed by atoms with Crippen molar-refractivity contribution in [2.45, 2.75) is 0 Å². The van der Waals surface area contributed by atoms with E-state index in [0.29, 0.717) is 0 Å². The van der Waals surface area contributed by atoms with E-state index < -0.39 is 0 Å². The van der Waals surface area contributed by atoms with Gasteiger partial charge < -0.3 is 0 Å². The van der Waals surface area contributed by atoms with Crippen LogP contribution in [0.1, 0.15) is 0 Å². The summed E-state index contributed by atoms with van der Waals surface area (Å²) in [6.45, 7) is 0. The number of hydrogen-bond acceptors (Lipinski definition) is 3. The standard InChI is InChI=1S/C4H10N2S2/c1-5-6(2)4(7)8-3/h5H,1-3H3. The van der Waals surface area contributed by atoms with Crippen molar-refractivity contribution in [1.29, 1.82) is 0 Å². The first-order valence-electron chi connectivity index (χ1n) is 2.21. The van der Waals surface area contributed by atoms with Crippen molar-refractivity contribution in [2.75, 3.05) is 20.4 Å². The van der Waals surface area contributed by atoms with Crippen molar-refractivity contribution >= 4 is 28.3 Å². The molecule has 0 radical (unpaired) electrons. The summed E-state index contributed by atoms with van der Waals surface area (Å²) >= 11 is 6.46. The predicted octanol–water partition coefficient (Wildman–Crippen LogP) is 0.701. The molecule has 0 spiro atoms. The van der Waals surface area contributed by atoms with E-state index in [1.165, 1.54) is 0 Å². The molecule has 1 N–H and O–H groups in total. The van der Waals surface area contributed by atoms with Gasteiger partial charge in [0, 0.05) is 14.1 Å². The van der Waals surface area contributed by atoms with E-state index in [-0.39, 0.29) is 0 Å². The van der Waals surface area contributed by atoms with Gasteiger partial charge in [0.25, 0.3) is 0 Å². The van der Waals surface area contributed by atoms with Crippen LogP contribution in [0.2, 0.25) is 0 Å². The molecule has 0 amide bonds. The van der Waals surface area contributed by atoms with Crippen molar-refractivity contribution in [1.82, 2.24) is 10.4 Å². The van der Waals surface area contributed by atoms with Gasteiger partial charge in [-0.3, -0.25) is 5.01 Å². The van der Waals surface area contributed by atoms with Gasteiger partial charge in [-0.25, -0.2) is 5.43 Å². The SMILES string of the molecule is CNN(C)C(=S)SC. The summed E-state index contributed by atoms with van der Waals surface area (Å²) in [7, 11) is 3.72. The Bertz CT molecular complexity index is 84.1. The van der Waals surface area contributed by atoms with E-state index in [4.69, 9.17) is 12.2 Å². The summed E-state index contributed by atoms with van der Waals surface area (Å²) in [5.41, 5.74) is 2.89. The third-order valence-electron chi connectivity index (χ3n) is 0.784. The van der Waals surface area contributed by atoms with Gasteiger partial charge >= 0.3 is 0 Å². The van der Waals surface area contributed by atoms with Gasteiger partial charge in [0.15, 0.2) is 0 Å². The summed E-state index contributed by atoms with van der Waals surface area (Å²) in [4.78, 5) is 0. The number of nitrogens with zero attached hydrogens (tertiary/aromatic N) is 1. The first kappa shape index (κ1) is 8.20. The van der Waals surface area contributed by atoms with Crippen molar-refractivity contribution in [3.05, 3.63) is 0 Å². The van der Waals surface area contributed by atoms with E-state index in [9.17, 15) is 0 Å². The Labute approximate surface area is 59.6 Å². The Morgan fingerprint density at radius 2 is 2.25 bits per heavy atom. The lowest BCUT2D eigenvalue weighted by atomic mass is 11.1. The Hall–Kier alpha value is 0.200.